The Morgan fingerprint density at radius 3 is 2.75 bits per heavy atom. The molecule has 0 bridgehead atoms. The third-order valence-electron chi connectivity index (χ3n) is 2.20. The molecule has 0 amide bonds. The molecular formula is C9H17N3. The molecular weight excluding hydrogens is 150 g/mol. The van der Waals surface area contributed by atoms with Crippen LogP contribution in [0.3, 0.4) is 0 Å². The SMILES string of the molecule is CCCC(C)c1c(N)cnn1C. The largest absolute Gasteiger partial charge is 0.396 e. The van der Waals surface area contributed by atoms with Gasteiger partial charge in [0.1, 0.15) is 0 Å². The lowest BCUT2D eigenvalue weighted by Gasteiger charge is -2.11. The summed E-state index contributed by atoms with van der Waals surface area (Å²) in [4.78, 5) is 0. The minimum absolute atomic E-state index is 0.516. The summed E-state index contributed by atoms with van der Waals surface area (Å²) < 4.78 is 1.87. The highest BCUT2D eigenvalue weighted by molar-refractivity contribution is 5.42. The third kappa shape index (κ3) is 1.60. The lowest BCUT2D eigenvalue weighted by Crippen LogP contribution is -2.04. The second kappa shape index (κ2) is 3.61. The van der Waals surface area contributed by atoms with Gasteiger partial charge in [0.15, 0.2) is 0 Å². The van der Waals surface area contributed by atoms with Gasteiger partial charge in [-0.2, -0.15) is 5.10 Å². The molecule has 0 aliphatic carbocycles. The Morgan fingerprint density at radius 2 is 2.33 bits per heavy atom. The fourth-order valence-electron chi connectivity index (χ4n) is 1.64. The first-order valence-corrected chi connectivity index (χ1v) is 4.44. The molecule has 0 saturated carbocycles. The average molecular weight is 167 g/mol. The van der Waals surface area contributed by atoms with Crippen molar-refractivity contribution < 1.29 is 0 Å². The number of nitrogens with zero attached hydrogens (tertiary/aromatic N) is 2. The Kier molecular flexibility index (Phi) is 2.74. The molecule has 0 radical (unpaired) electrons. The predicted octanol–water partition coefficient (Wildman–Crippen LogP) is 1.91. The summed E-state index contributed by atoms with van der Waals surface area (Å²) in [6.45, 7) is 4.37. The topological polar surface area (TPSA) is 43.8 Å². The van der Waals surface area contributed by atoms with Crippen LogP contribution in [-0.4, -0.2) is 9.78 Å². The van der Waals surface area contributed by atoms with Crippen LogP contribution in [-0.2, 0) is 7.05 Å². The quantitative estimate of drug-likeness (QED) is 0.747. The van der Waals surface area contributed by atoms with Crippen LogP contribution in [0.25, 0.3) is 0 Å². The molecule has 3 nitrogen and oxygen atoms in total. The summed E-state index contributed by atoms with van der Waals surface area (Å²) in [5.41, 5.74) is 7.77. The molecule has 68 valence electrons. The van der Waals surface area contributed by atoms with E-state index in [4.69, 9.17) is 5.73 Å². The minimum atomic E-state index is 0.516. The van der Waals surface area contributed by atoms with Crippen LogP contribution < -0.4 is 5.73 Å². The van der Waals surface area contributed by atoms with Crippen molar-refractivity contribution in [2.24, 2.45) is 7.05 Å². The molecule has 0 aliphatic heterocycles. The molecule has 1 heterocycles. The van der Waals surface area contributed by atoms with E-state index in [-0.39, 0.29) is 0 Å². The molecule has 3 heteroatoms. The van der Waals surface area contributed by atoms with Crippen LogP contribution in [0.15, 0.2) is 6.20 Å². The molecule has 1 atom stereocenters. The van der Waals surface area contributed by atoms with Crippen molar-refractivity contribution in [3.05, 3.63) is 11.9 Å². The van der Waals surface area contributed by atoms with Crippen molar-refractivity contribution in [1.82, 2.24) is 9.78 Å². The molecule has 1 aromatic heterocycles. The second-order valence-electron chi connectivity index (χ2n) is 3.30. The predicted molar refractivity (Wildman–Crippen MR) is 50.9 cm³/mol. The smallest absolute Gasteiger partial charge is 0.0735 e. The number of hydrogen-bond donors (Lipinski definition) is 1. The number of nitrogen functional groups attached to an aromatic ring is 1. The van der Waals surface area contributed by atoms with E-state index in [9.17, 15) is 0 Å². The van der Waals surface area contributed by atoms with Gasteiger partial charge in [-0.25, -0.2) is 0 Å². The number of nitrogens with two attached hydrogens (primary N) is 1. The van der Waals surface area contributed by atoms with E-state index in [1.165, 1.54) is 12.8 Å². The van der Waals surface area contributed by atoms with Gasteiger partial charge < -0.3 is 5.73 Å². The van der Waals surface area contributed by atoms with E-state index in [1.54, 1.807) is 6.20 Å². The molecule has 0 saturated heterocycles. The van der Waals surface area contributed by atoms with Gasteiger partial charge in [0.25, 0.3) is 0 Å². The van der Waals surface area contributed by atoms with Crippen molar-refractivity contribution in [2.45, 2.75) is 32.6 Å². The first-order valence-electron chi connectivity index (χ1n) is 4.44. The minimum Gasteiger partial charge on any atom is -0.396 e. The Hall–Kier alpha value is -0.990. The van der Waals surface area contributed by atoms with E-state index in [1.807, 2.05) is 11.7 Å². The highest BCUT2D eigenvalue weighted by atomic mass is 15.3. The lowest BCUT2D eigenvalue weighted by atomic mass is 10.0. The first-order chi connectivity index (χ1) is 5.66. The zero-order valence-electron chi connectivity index (χ0n) is 8.04. The van der Waals surface area contributed by atoms with Crippen LogP contribution in [0, 0.1) is 0 Å². The molecule has 0 spiro atoms. The average Bonchev–Trinajstić information content (AvgIpc) is 2.32. The van der Waals surface area contributed by atoms with Gasteiger partial charge >= 0.3 is 0 Å². The molecule has 0 aliphatic rings. The lowest BCUT2D eigenvalue weighted by molar-refractivity contribution is 0.595. The van der Waals surface area contributed by atoms with Gasteiger partial charge in [-0.3, -0.25) is 4.68 Å². The zero-order valence-corrected chi connectivity index (χ0v) is 8.04. The van der Waals surface area contributed by atoms with Crippen molar-refractivity contribution in [3.8, 4) is 0 Å². The summed E-state index contributed by atoms with van der Waals surface area (Å²) in [5, 5.41) is 4.11. The van der Waals surface area contributed by atoms with Crippen molar-refractivity contribution in [2.75, 3.05) is 5.73 Å². The van der Waals surface area contributed by atoms with E-state index in [0.717, 1.165) is 11.4 Å². The van der Waals surface area contributed by atoms with Gasteiger partial charge in [0, 0.05) is 13.0 Å². The first kappa shape index (κ1) is 9.10. The maximum atomic E-state index is 5.79. The van der Waals surface area contributed by atoms with Gasteiger partial charge in [0.05, 0.1) is 17.6 Å². The van der Waals surface area contributed by atoms with Crippen LogP contribution in [0.4, 0.5) is 5.69 Å². The van der Waals surface area contributed by atoms with Gasteiger partial charge in [0.2, 0.25) is 0 Å². The maximum Gasteiger partial charge on any atom is 0.0735 e. The number of hydrogen-bond acceptors (Lipinski definition) is 2. The highest BCUT2D eigenvalue weighted by Crippen LogP contribution is 2.24. The summed E-state index contributed by atoms with van der Waals surface area (Å²) in [6, 6.07) is 0. The van der Waals surface area contributed by atoms with Crippen molar-refractivity contribution in [1.29, 1.82) is 0 Å². The van der Waals surface area contributed by atoms with E-state index in [2.05, 4.69) is 18.9 Å². The van der Waals surface area contributed by atoms with Crippen LogP contribution in [0.1, 0.15) is 38.3 Å². The Bertz CT molecular complexity index is 233. The van der Waals surface area contributed by atoms with E-state index < -0.39 is 0 Å². The fourth-order valence-corrected chi connectivity index (χ4v) is 1.64. The molecule has 12 heavy (non-hydrogen) atoms. The Morgan fingerprint density at radius 1 is 1.67 bits per heavy atom. The normalized spacial score (nSPS) is 13.2. The molecule has 1 unspecified atom stereocenters. The van der Waals surface area contributed by atoms with Crippen molar-refractivity contribution >= 4 is 5.69 Å². The fraction of sp³-hybridized carbons (Fsp3) is 0.667. The molecule has 0 fully saturated rings. The summed E-state index contributed by atoms with van der Waals surface area (Å²) in [5.74, 6) is 0.516. The van der Waals surface area contributed by atoms with Gasteiger partial charge in [-0.15, -0.1) is 0 Å². The Balaban J connectivity index is 2.85. The van der Waals surface area contributed by atoms with Crippen LogP contribution >= 0.6 is 0 Å². The number of anilines is 1. The van der Waals surface area contributed by atoms with E-state index in [0.29, 0.717) is 5.92 Å². The van der Waals surface area contributed by atoms with Gasteiger partial charge in [-0.1, -0.05) is 20.3 Å². The van der Waals surface area contributed by atoms with Gasteiger partial charge in [-0.05, 0) is 6.42 Å². The maximum absolute atomic E-state index is 5.79. The number of aryl methyl sites for hydroxylation is 1. The standard InChI is InChI=1S/C9H17N3/c1-4-5-7(2)9-8(10)6-11-12(9)3/h6-7H,4-5,10H2,1-3H3. The molecule has 1 aromatic rings. The summed E-state index contributed by atoms with van der Waals surface area (Å²) >= 11 is 0. The monoisotopic (exact) mass is 167 g/mol. The van der Waals surface area contributed by atoms with Crippen LogP contribution in [0.2, 0.25) is 0 Å². The van der Waals surface area contributed by atoms with Crippen molar-refractivity contribution in [3.63, 3.8) is 0 Å². The van der Waals surface area contributed by atoms with Crippen LogP contribution in [0.5, 0.6) is 0 Å². The zero-order chi connectivity index (χ0) is 9.14. The number of rotatable bonds is 3. The molecule has 2 N–H and O–H groups in total. The Labute approximate surface area is 73.6 Å². The third-order valence-corrected chi connectivity index (χ3v) is 2.20. The summed E-state index contributed by atoms with van der Waals surface area (Å²) in [7, 11) is 1.94. The molecule has 1 rings (SSSR count). The second-order valence-corrected chi connectivity index (χ2v) is 3.30. The number of aromatic nitrogens is 2. The van der Waals surface area contributed by atoms with E-state index >= 15 is 0 Å². The summed E-state index contributed by atoms with van der Waals surface area (Å²) in [6.07, 6.45) is 4.08. The highest BCUT2D eigenvalue weighted by Gasteiger charge is 2.12. The molecule has 0 aromatic carbocycles.